The van der Waals surface area contributed by atoms with Gasteiger partial charge in [-0.2, -0.15) is 18.2 Å². The Kier molecular flexibility index (Phi) is 5.38. The summed E-state index contributed by atoms with van der Waals surface area (Å²) >= 11 is 1.37. The number of aromatic nitrogens is 4. The van der Waals surface area contributed by atoms with Gasteiger partial charge in [-0.1, -0.05) is 11.8 Å². The third-order valence-electron chi connectivity index (χ3n) is 5.01. The van der Waals surface area contributed by atoms with Crippen LogP contribution in [0, 0.1) is 19.8 Å². The van der Waals surface area contributed by atoms with Crippen LogP contribution in [0.5, 0.6) is 0 Å². The summed E-state index contributed by atoms with van der Waals surface area (Å²) in [6, 6.07) is -0.425. The first-order valence-electron chi connectivity index (χ1n) is 8.73. The summed E-state index contributed by atoms with van der Waals surface area (Å²) in [5, 5.41) is 4.87. The van der Waals surface area contributed by atoms with Crippen LogP contribution in [-0.2, 0) is 11.2 Å². The maximum atomic E-state index is 13.0. The van der Waals surface area contributed by atoms with Crippen molar-refractivity contribution >= 4 is 23.4 Å². The molecule has 0 N–H and O–H groups in total. The molecule has 3 rings (SSSR count). The molecule has 1 amide bonds. The number of thioether (sulfide) groups is 1. The molecule has 0 saturated heterocycles. The molecule has 2 aromatic heterocycles. The number of carbonyl (C=O) groups excluding carboxylic acids is 1. The average Bonchev–Trinajstić information content (AvgIpc) is 3.35. The number of carbonyl (C=O) groups is 1. The van der Waals surface area contributed by atoms with Crippen LogP contribution in [0.15, 0.2) is 5.16 Å². The minimum absolute atomic E-state index is 0.137. The lowest BCUT2D eigenvalue weighted by Gasteiger charge is -2.30. The molecule has 0 radical (unpaired) electrons. The predicted molar refractivity (Wildman–Crippen MR) is 95.7 cm³/mol. The molecule has 2 heterocycles. The number of hydrogen-bond donors (Lipinski definition) is 0. The fraction of sp³-hybridized carbons (Fsp3) is 0.647. The second-order valence-electron chi connectivity index (χ2n) is 6.96. The number of amides is 1. The number of fused-ring (bicyclic) bond motifs is 1. The maximum absolute atomic E-state index is 13.0. The molecule has 0 bridgehead atoms. The smallest absolute Gasteiger partial charge is 0.330 e. The lowest BCUT2D eigenvalue weighted by molar-refractivity contribution is -0.165. The van der Waals surface area contributed by atoms with Crippen LogP contribution in [0.3, 0.4) is 0 Å². The van der Waals surface area contributed by atoms with E-state index in [4.69, 9.17) is 0 Å². The molecule has 1 aliphatic rings. The van der Waals surface area contributed by atoms with Crippen LogP contribution in [0.4, 0.5) is 13.2 Å². The summed E-state index contributed by atoms with van der Waals surface area (Å²) in [5.41, 5.74) is 1.85. The molecular weight excluding hydrogens is 379 g/mol. The van der Waals surface area contributed by atoms with Crippen molar-refractivity contribution in [2.45, 2.75) is 57.4 Å². The lowest BCUT2D eigenvalue weighted by atomic mass is 10.1. The van der Waals surface area contributed by atoms with Gasteiger partial charge in [-0.05, 0) is 45.8 Å². The molecule has 0 aromatic carbocycles. The molecule has 148 valence electrons. The van der Waals surface area contributed by atoms with Gasteiger partial charge in [0.05, 0.1) is 6.42 Å². The van der Waals surface area contributed by atoms with Gasteiger partial charge < -0.3 is 4.90 Å². The summed E-state index contributed by atoms with van der Waals surface area (Å²) in [4.78, 5) is 22.4. The Morgan fingerprint density at radius 1 is 1.33 bits per heavy atom. The van der Waals surface area contributed by atoms with Crippen LogP contribution in [0.25, 0.3) is 5.78 Å². The van der Waals surface area contributed by atoms with E-state index in [-0.39, 0.29) is 12.3 Å². The summed E-state index contributed by atoms with van der Waals surface area (Å²) in [5.74, 6) is 0.0341. The Bertz CT molecular complexity index is 862. The minimum atomic E-state index is -4.43. The van der Waals surface area contributed by atoms with Gasteiger partial charge in [0.1, 0.15) is 6.54 Å². The second kappa shape index (κ2) is 7.29. The van der Waals surface area contributed by atoms with Crippen LogP contribution >= 0.6 is 11.8 Å². The van der Waals surface area contributed by atoms with E-state index < -0.39 is 24.7 Å². The maximum Gasteiger partial charge on any atom is 0.406 e. The number of hydrogen-bond acceptors (Lipinski definition) is 5. The van der Waals surface area contributed by atoms with Crippen molar-refractivity contribution in [1.82, 2.24) is 24.5 Å². The Morgan fingerprint density at radius 3 is 2.56 bits per heavy atom. The molecule has 0 unspecified atom stereocenters. The minimum Gasteiger partial charge on any atom is -0.330 e. The van der Waals surface area contributed by atoms with Gasteiger partial charge in [0.25, 0.3) is 5.78 Å². The molecule has 0 aliphatic heterocycles. The van der Waals surface area contributed by atoms with Gasteiger partial charge in [-0.25, -0.2) is 9.50 Å². The number of nitrogens with zero attached hydrogens (tertiary/aromatic N) is 5. The summed E-state index contributed by atoms with van der Waals surface area (Å²) in [6.07, 6.45) is -0.988. The molecule has 10 heteroatoms. The number of alkyl halides is 3. The average molecular weight is 401 g/mol. The van der Waals surface area contributed by atoms with Crippen molar-refractivity contribution in [2.24, 2.45) is 5.92 Å². The molecular formula is C17H22F3N5OS. The van der Waals surface area contributed by atoms with Crippen LogP contribution in [-0.4, -0.2) is 55.4 Å². The van der Waals surface area contributed by atoms with E-state index in [9.17, 15) is 18.0 Å². The summed E-state index contributed by atoms with van der Waals surface area (Å²) in [6.45, 7) is 3.99. The predicted octanol–water partition coefficient (Wildman–Crippen LogP) is 3.19. The van der Waals surface area contributed by atoms with Crippen LogP contribution in [0.1, 0.15) is 36.7 Å². The fourth-order valence-electron chi connectivity index (χ4n) is 3.27. The van der Waals surface area contributed by atoms with E-state index in [0.29, 0.717) is 27.9 Å². The van der Waals surface area contributed by atoms with Gasteiger partial charge in [-0.15, -0.1) is 5.10 Å². The molecule has 0 spiro atoms. The lowest BCUT2D eigenvalue weighted by Crippen LogP contribution is -2.46. The number of halogens is 3. The topological polar surface area (TPSA) is 63.4 Å². The Morgan fingerprint density at radius 2 is 2.00 bits per heavy atom. The van der Waals surface area contributed by atoms with Gasteiger partial charge in [-0.3, -0.25) is 4.79 Å². The zero-order valence-corrected chi connectivity index (χ0v) is 16.5. The first-order valence-corrected chi connectivity index (χ1v) is 9.96. The van der Waals surface area contributed by atoms with E-state index in [2.05, 4.69) is 15.1 Å². The number of rotatable bonds is 6. The zero-order chi connectivity index (χ0) is 19.9. The Labute approximate surface area is 159 Å². The summed E-state index contributed by atoms with van der Waals surface area (Å²) < 4.78 is 40.6. The van der Waals surface area contributed by atoms with Crippen molar-refractivity contribution in [2.75, 3.05) is 12.8 Å². The third-order valence-corrected chi connectivity index (χ3v) is 5.54. The van der Waals surface area contributed by atoms with Gasteiger partial charge >= 0.3 is 6.18 Å². The highest BCUT2D eigenvalue weighted by Crippen LogP contribution is 2.36. The van der Waals surface area contributed by atoms with Crippen molar-refractivity contribution < 1.29 is 18.0 Å². The highest BCUT2D eigenvalue weighted by Gasteiger charge is 2.40. The Hall–Kier alpha value is -1.84. The Balaban J connectivity index is 1.90. The van der Waals surface area contributed by atoms with Crippen LogP contribution < -0.4 is 0 Å². The van der Waals surface area contributed by atoms with Crippen molar-refractivity contribution in [3.63, 3.8) is 0 Å². The normalized spacial score (nSPS) is 16.0. The molecule has 1 saturated carbocycles. The van der Waals surface area contributed by atoms with Gasteiger partial charge in [0.15, 0.2) is 0 Å². The van der Waals surface area contributed by atoms with Crippen molar-refractivity contribution in [3.8, 4) is 0 Å². The van der Waals surface area contributed by atoms with Crippen molar-refractivity contribution in [3.05, 3.63) is 17.0 Å². The molecule has 1 fully saturated rings. The molecule has 2 aromatic rings. The van der Waals surface area contributed by atoms with E-state index in [0.717, 1.165) is 17.7 Å². The molecule has 6 nitrogen and oxygen atoms in total. The van der Waals surface area contributed by atoms with Crippen molar-refractivity contribution in [1.29, 1.82) is 0 Å². The van der Waals surface area contributed by atoms with E-state index in [1.807, 2.05) is 6.26 Å². The van der Waals surface area contributed by atoms with Gasteiger partial charge in [0, 0.05) is 23.0 Å². The molecule has 1 atom stereocenters. The fourth-order valence-corrected chi connectivity index (χ4v) is 3.61. The van der Waals surface area contributed by atoms with Gasteiger partial charge in [0.2, 0.25) is 11.1 Å². The standard InChI is InChI=1S/C17H22F3N5OS/c1-9-13(11(3)25-15(21-9)22-16(23-25)27-4)7-14(26)24(8-17(18,19)20)10(2)12-5-6-12/h10,12H,5-8H2,1-4H3/t10-/m0/s1. The van der Waals surface area contributed by atoms with E-state index >= 15 is 0 Å². The SMILES string of the molecule is CSc1nc2nc(C)c(CC(=O)N(CC(F)(F)F)[C@@H](C)C3CC3)c(C)n2n1. The summed E-state index contributed by atoms with van der Waals surface area (Å²) in [7, 11) is 0. The highest BCUT2D eigenvalue weighted by atomic mass is 32.2. The monoisotopic (exact) mass is 401 g/mol. The second-order valence-corrected chi connectivity index (χ2v) is 7.74. The quantitative estimate of drug-likeness (QED) is 0.696. The third kappa shape index (κ3) is 4.36. The molecule has 27 heavy (non-hydrogen) atoms. The van der Waals surface area contributed by atoms with E-state index in [1.54, 1.807) is 25.3 Å². The zero-order valence-electron chi connectivity index (χ0n) is 15.7. The highest BCUT2D eigenvalue weighted by molar-refractivity contribution is 7.98. The largest absolute Gasteiger partial charge is 0.406 e. The van der Waals surface area contributed by atoms with E-state index in [1.165, 1.54) is 11.8 Å². The van der Waals surface area contributed by atoms with Crippen LogP contribution in [0.2, 0.25) is 0 Å². The number of aryl methyl sites for hydroxylation is 2. The first kappa shape index (κ1) is 19.9. The molecule has 1 aliphatic carbocycles. The first-order chi connectivity index (χ1) is 12.6.